The summed E-state index contributed by atoms with van der Waals surface area (Å²) in [5, 5.41) is 0. The van der Waals surface area contributed by atoms with Gasteiger partial charge >= 0.3 is 0 Å². The molecule has 2 aromatic carbocycles. The molecule has 0 radical (unpaired) electrons. The van der Waals surface area contributed by atoms with E-state index in [4.69, 9.17) is 17.3 Å². The molecule has 0 saturated carbocycles. The molecule has 2 aromatic rings. The second kappa shape index (κ2) is 5.06. The average molecular weight is 274 g/mol. The van der Waals surface area contributed by atoms with Gasteiger partial charge in [-0.15, -0.1) is 11.6 Å². The van der Waals surface area contributed by atoms with Crippen LogP contribution >= 0.6 is 11.6 Å². The van der Waals surface area contributed by atoms with Crippen LogP contribution in [-0.4, -0.2) is 5.78 Å². The topological polar surface area (TPSA) is 43.1 Å². The second-order valence-corrected chi connectivity index (χ2v) is 5.91. The number of carbonyl (C=O) groups excluding carboxylic acids is 1. The van der Waals surface area contributed by atoms with Crippen LogP contribution in [0.4, 0.5) is 5.69 Å². The van der Waals surface area contributed by atoms with Gasteiger partial charge < -0.3 is 5.73 Å². The molecule has 0 aromatic heterocycles. The lowest BCUT2D eigenvalue weighted by molar-refractivity contribution is 0.103. The zero-order chi connectivity index (χ0) is 14.0. The maximum absolute atomic E-state index is 12.4. The highest BCUT2D eigenvalue weighted by Crippen LogP contribution is 2.33. The second-order valence-electron chi connectivity index (χ2n) is 4.97. The lowest BCUT2D eigenvalue weighted by Gasteiger charge is -2.19. The Morgan fingerprint density at radius 1 is 1.05 bits per heavy atom. The van der Waals surface area contributed by atoms with Crippen LogP contribution in [0.15, 0.2) is 48.5 Å². The molecule has 3 heteroatoms. The number of benzene rings is 2. The van der Waals surface area contributed by atoms with Crippen molar-refractivity contribution in [2.45, 2.75) is 18.7 Å². The van der Waals surface area contributed by atoms with Crippen molar-refractivity contribution in [3.8, 4) is 0 Å². The summed E-state index contributed by atoms with van der Waals surface area (Å²) in [6.07, 6.45) is 0. The molecule has 0 bridgehead atoms. The van der Waals surface area contributed by atoms with Crippen LogP contribution in [0.3, 0.4) is 0 Å². The minimum absolute atomic E-state index is 0.0252. The Bertz CT molecular complexity index is 600. The van der Waals surface area contributed by atoms with Crippen molar-refractivity contribution >= 4 is 23.1 Å². The standard InChI is InChI=1S/C16H16ClNO/c1-16(2,17)13-10-12(8-9-14(13)18)15(19)11-6-4-3-5-7-11/h3-10H,18H2,1-2H3. The van der Waals surface area contributed by atoms with Gasteiger partial charge in [0.05, 0.1) is 4.87 Å². The van der Waals surface area contributed by atoms with Crippen molar-refractivity contribution in [3.63, 3.8) is 0 Å². The summed E-state index contributed by atoms with van der Waals surface area (Å²) in [5.74, 6) is -0.0252. The van der Waals surface area contributed by atoms with Gasteiger partial charge in [0, 0.05) is 16.8 Å². The molecular weight excluding hydrogens is 258 g/mol. The van der Waals surface area contributed by atoms with Gasteiger partial charge in [-0.3, -0.25) is 4.79 Å². The molecule has 98 valence electrons. The number of alkyl halides is 1. The smallest absolute Gasteiger partial charge is 0.193 e. The first-order valence-corrected chi connectivity index (χ1v) is 6.46. The van der Waals surface area contributed by atoms with Crippen molar-refractivity contribution in [1.29, 1.82) is 0 Å². The molecule has 0 atom stereocenters. The molecule has 0 aliphatic rings. The van der Waals surface area contributed by atoms with Crippen LogP contribution in [0.25, 0.3) is 0 Å². The zero-order valence-electron chi connectivity index (χ0n) is 11.0. The van der Waals surface area contributed by atoms with E-state index in [1.54, 1.807) is 30.3 Å². The van der Waals surface area contributed by atoms with E-state index in [1.165, 1.54) is 0 Å². The molecule has 0 amide bonds. The third-order valence-electron chi connectivity index (χ3n) is 2.99. The fraction of sp³-hybridized carbons (Fsp3) is 0.188. The molecule has 0 fully saturated rings. The molecule has 0 unspecified atom stereocenters. The van der Waals surface area contributed by atoms with E-state index in [0.29, 0.717) is 16.8 Å². The summed E-state index contributed by atoms with van der Waals surface area (Å²) in [4.78, 5) is 11.8. The minimum Gasteiger partial charge on any atom is -0.398 e. The lowest BCUT2D eigenvalue weighted by Crippen LogP contribution is -2.13. The minimum atomic E-state index is -0.600. The van der Waals surface area contributed by atoms with E-state index in [2.05, 4.69) is 0 Å². The number of anilines is 1. The predicted octanol–water partition coefficient (Wildman–Crippen LogP) is 3.97. The van der Waals surface area contributed by atoms with Crippen LogP contribution in [0.1, 0.15) is 35.3 Å². The van der Waals surface area contributed by atoms with Crippen LogP contribution in [0, 0.1) is 0 Å². The van der Waals surface area contributed by atoms with E-state index < -0.39 is 4.87 Å². The van der Waals surface area contributed by atoms with Gasteiger partial charge in [-0.25, -0.2) is 0 Å². The number of rotatable bonds is 3. The quantitative estimate of drug-likeness (QED) is 0.522. The van der Waals surface area contributed by atoms with Gasteiger partial charge in [-0.2, -0.15) is 0 Å². The Morgan fingerprint density at radius 3 is 2.26 bits per heavy atom. The van der Waals surface area contributed by atoms with Crippen LogP contribution in [0.5, 0.6) is 0 Å². The highest BCUT2D eigenvalue weighted by molar-refractivity contribution is 6.24. The molecule has 0 heterocycles. The maximum atomic E-state index is 12.4. The zero-order valence-corrected chi connectivity index (χ0v) is 11.7. The maximum Gasteiger partial charge on any atom is 0.193 e. The first kappa shape index (κ1) is 13.6. The first-order chi connectivity index (χ1) is 8.89. The Morgan fingerprint density at radius 2 is 1.68 bits per heavy atom. The number of hydrogen-bond acceptors (Lipinski definition) is 2. The van der Waals surface area contributed by atoms with Crippen molar-refractivity contribution < 1.29 is 4.79 Å². The molecule has 2 nitrogen and oxygen atoms in total. The van der Waals surface area contributed by atoms with Crippen LogP contribution in [-0.2, 0) is 4.87 Å². The summed E-state index contributed by atoms with van der Waals surface area (Å²) in [6.45, 7) is 3.72. The lowest BCUT2D eigenvalue weighted by atomic mass is 9.95. The third kappa shape index (κ3) is 2.96. The number of nitrogens with two attached hydrogens (primary N) is 1. The number of nitrogen functional groups attached to an aromatic ring is 1. The molecule has 0 aliphatic carbocycles. The molecule has 0 spiro atoms. The monoisotopic (exact) mass is 273 g/mol. The molecule has 0 saturated heterocycles. The number of carbonyl (C=O) groups is 1. The van der Waals surface area contributed by atoms with Crippen LogP contribution in [0.2, 0.25) is 0 Å². The highest BCUT2D eigenvalue weighted by atomic mass is 35.5. The molecular formula is C16H16ClNO. The van der Waals surface area contributed by atoms with Crippen molar-refractivity contribution in [1.82, 2.24) is 0 Å². The number of hydrogen-bond donors (Lipinski definition) is 1. The van der Waals surface area contributed by atoms with Crippen molar-refractivity contribution in [2.24, 2.45) is 0 Å². The fourth-order valence-corrected chi connectivity index (χ4v) is 2.13. The van der Waals surface area contributed by atoms with Gasteiger partial charge in [-0.1, -0.05) is 30.3 Å². The van der Waals surface area contributed by atoms with Gasteiger partial charge in [0.25, 0.3) is 0 Å². The highest BCUT2D eigenvalue weighted by Gasteiger charge is 2.21. The Balaban J connectivity index is 2.45. The third-order valence-corrected chi connectivity index (χ3v) is 3.20. The summed E-state index contributed by atoms with van der Waals surface area (Å²) < 4.78 is 0. The van der Waals surface area contributed by atoms with Gasteiger partial charge in [0.2, 0.25) is 0 Å². The van der Waals surface area contributed by atoms with Gasteiger partial charge in [0.15, 0.2) is 5.78 Å². The normalized spacial score (nSPS) is 11.3. The molecule has 19 heavy (non-hydrogen) atoms. The number of halogens is 1. The summed E-state index contributed by atoms with van der Waals surface area (Å²) in [5.41, 5.74) is 8.55. The predicted molar refractivity (Wildman–Crippen MR) is 79.6 cm³/mol. The molecule has 2 rings (SSSR count). The Labute approximate surface area is 118 Å². The molecule has 2 N–H and O–H groups in total. The summed E-state index contributed by atoms with van der Waals surface area (Å²) in [7, 11) is 0. The number of ketones is 1. The van der Waals surface area contributed by atoms with E-state index in [1.807, 2.05) is 32.0 Å². The van der Waals surface area contributed by atoms with E-state index in [9.17, 15) is 4.79 Å². The van der Waals surface area contributed by atoms with Crippen molar-refractivity contribution in [2.75, 3.05) is 5.73 Å². The largest absolute Gasteiger partial charge is 0.398 e. The summed E-state index contributed by atoms with van der Waals surface area (Å²) in [6, 6.07) is 14.4. The first-order valence-electron chi connectivity index (χ1n) is 6.08. The van der Waals surface area contributed by atoms with Gasteiger partial charge in [0.1, 0.15) is 0 Å². The van der Waals surface area contributed by atoms with Crippen molar-refractivity contribution in [3.05, 3.63) is 65.2 Å². The Hall–Kier alpha value is -1.80. The van der Waals surface area contributed by atoms with E-state index in [-0.39, 0.29) is 5.78 Å². The average Bonchev–Trinajstić information content (AvgIpc) is 2.38. The fourth-order valence-electron chi connectivity index (χ4n) is 1.97. The van der Waals surface area contributed by atoms with E-state index >= 15 is 0 Å². The Kier molecular flexibility index (Phi) is 3.63. The van der Waals surface area contributed by atoms with Crippen LogP contribution < -0.4 is 5.73 Å². The van der Waals surface area contributed by atoms with Gasteiger partial charge in [-0.05, 0) is 37.6 Å². The summed E-state index contributed by atoms with van der Waals surface area (Å²) >= 11 is 6.30. The SMILES string of the molecule is CC(C)(Cl)c1cc(C(=O)c2ccccc2)ccc1N. The van der Waals surface area contributed by atoms with E-state index in [0.717, 1.165) is 5.56 Å². The molecule has 0 aliphatic heterocycles.